The second-order valence-electron chi connectivity index (χ2n) is 3.37. The molecule has 3 heterocycles. The minimum atomic E-state index is 0.533. The molecule has 0 aromatic heterocycles. The van der Waals surface area contributed by atoms with Gasteiger partial charge in [0.15, 0.2) is 0 Å². The van der Waals surface area contributed by atoms with Gasteiger partial charge in [-0.25, -0.2) is 0 Å². The van der Waals surface area contributed by atoms with E-state index in [0.29, 0.717) is 12.2 Å². The smallest absolute Gasteiger partial charge is 0.0731 e. The zero-order valence-corrected chi connectivity index (χ0v) is 6.95. The molecule has 0 aromatic carbocycles. The summed E-state index contributed by atoms with van der Waals surface area (Å²) in [5.41, 5.74) is 0. The van der Waals surface area contributed by atoms with Crippen molar-refractivity contribution in [3.8, 4) is 0 Å². The van der Waals surface area contributed by atoms with Gasteiger partial charge in [-0.15, -0.1) is 0 Å². The van der Waals surface area contributed by atoms with E-state index in [0.717, 1.165) is 26.2 Å². The summed E-state index contributed by atoms with van der Waals surface area (Å²) >= 11 is 0. The second-order valence-corrected chi connectivity index (χ2v) is 3.37. The normalized spacial score (nSPS) is 36.8. The number of fused-ring (bicyclic) bond motifs is 2. The monoisotopic (exact) mass is 157 g/mol. The Kier molecular flexibility index (Phi) is 2.11. The van der Waals surface area contributed by atoms with Crippen LogP contribution in [0, 0.1) is 0 Å². The van der Waals surface area contributed by atoms with Gasteiger partial charge in [0.05, 0.1) is 18.8 Å². The number of piperidine rings is 1. The molecule has 3 fully saturated rings. The molecule has 3 heteroatoms. The molecule has 3 rings (SSSR count). The Bertz CT molecular complexity index is 124. The highest BCUT2D eigenvalue weighted by Gasteiger charge is 2.37. The molecule has 0 aliphatic carbocycles. The van der Waals surface area contributed by atoms with Gasteiger partial charge in [-0.2, -0.15) is 0 Å². The standard InChI is InChI=1S/C8H15NO2/c1-10-3-2-9-5-7-4-8(6-9)11-7/h7-8H,2-6H2,1H3. The van der Waals surface area contributed by atoms with Crippen LogP contribution >= 0.6 is 0 Å². The van der Waals surface area contributed by atoms with Crippen molar-refractivity contribution < 1.29 is 9.47 Å². The van der Waals surface area contributed by atoms with E-state index in [-0.39, 0.29) is 0 Å². The van der Waals surface area contributed by atoms with Gasteiger partial charge in [0.1, 0.15) is 0 Å². The maximum absolute atomic E-state index is 5.50. The van der Waals surface area contributed by atoms with Gasteiger partial charge in [0.25, 0.3) is 0 Å². The first-order valence-electron chi connectivity index (χ1n) is 4.25. The molecule has 0 amide bonds. The summed E-state index contributed by atoms with van der Waals surface area (Å²) < 4.78 is 10.5. The fraction of sp³-hybridized carbons (Fsp3) is 1.00. The third-order valence-corrected chi connectivity index (χ3v) is 2.45. The largest absolute Gasteiger partial charge is 0.383 e. The Balaban J connectivity index is 1.70. The molecule has 2 bridgehead atoms. The van der Waals surface area contributed by atoms with Gasteiger partial charge in [-0.05, 0) is 0 Å². The highest BCUT2D eigenvalue weighted by molar-refractivity contribution is 4.88. The molecule has 11 heavy (non-hydrogen) atoms. The molecule has 0 saturated carbocycles. The number of methoxy groups -OCH3 is 1. The molecule has 0 N–H and O–H groups in total. The maximum atomic E-state index is 5.50. The van der Waals surface area contributed by atoms with Crippen LogP contribution in [0.5, 0.6) is 0 Å². The highest BCUT2D eigenvalue weighted by atomic mass is 16.5. The Morgan fingerprint density at radius 1 is 1.45 bits per heavy atom. The van der Waals surface area contributed by atoms with Gasteiger partial charge in [0.2, 0.25) is 0 Å². The van der Waals surface area contributed by atoms with Crippen LogP contribution in [0.15, 0.2) is 0 Å². The molecular weight excluding hydrogens is 142 g/mol. The van der Waals surface area contributed by atoms with Crippen LogP contribution in [-0.4, -0.2) is 50.5 Å². The first-order valence-corrected chi connectivity index (χ1v) is 4.25. The van der Waals surface area contributed by atoms with Crippen molar-refractivity contribution in [3.05, 3.63) is 0 Å². The zero-order chi connectivity index (χ0) is 7.68. The molecular formula is C8H15NO2. The number of nitrogens with zero attached hydrogens (tertiary/aromatic N) is 1. The van der Waals surface area contributed by atoms with Crippen molar-refractivity contribution >= 4 is 0 Å². The minimum absolute atomic E-state index is 0.533. The van der Waals surface area contributed by atoms with E-state index in [1.807, 2.05) is 0 Å². The molecule has 2 atom stereocenters. The van der Waals surface area contributed by atoms with Crippen LogP contribution in [0.4, 0.5) is 0 Å². The Labute approximate surface area is 67.3 Å². The molecule has 2 unspecified atom stereocenters. The van der Waals surface area contributed by atoms with E-state index in [9.17, 15) is 0 Å². The van der Waals surface area contributed by atoms with Gasteiger partial charge in [0, 0.05) is 33.2 Å². The van der Waals surface area contributed by atoms with Gasteiger partial charge >= 0.3 is 0 Å². The Morgan fingerprint density at radius 2 is 2.09 bits per heavy atom. The predicted octanol–water partition coefficient (Wildman–Crippen LogP) is 0.106. The third-order valence-electron chi connectivity index (χ3n) is 2.45. The number of hydrogen-bond acceptors (Lipinski definition) is 3. The van der Waals surface area contributed by atoms with Crippen molar-refractivity contribution in [2.45, 2.75) is 18.6 Å². The second kappa shape index (κ2) is 3.09. The average Bonchev–Trinajstić information content (AvgIpc) is 2.00. The molecule has 0 aromatic rings. The lowest BCUT2D eigenvalue weighted by Crippen LogP contribution is -2.57. The van der Waals surface area contributed by atoms with Crippen LogP contribution in [-0.2, 0) is 9.47 Å². The predicted molar refractivity (Wildman–Crippen MR) is 41.6 cm³/mol. The van der Waals surface area contributed by atoms with E-state index < -0.39 is 0 Å². The van der Waals surface area contributed by atoms with Crippen LogP contribution in [0.2, 0.25) is 0 Å². The number of hydrogen-bond donors (Lipinski definition) is 0. The van der Waals surface area contributed by atoms with Crippen LogP contribution < -0.4 is 0 Å². The summed E-state index contributed by atoms with van der Waals surface area (Å²) in [4.78, 5) is 2.42. The lowest BCUT2D eigenvalue weighted by Gasteiger charge is -2.47. The molecule has 0 radical (unpaired) electrons. The quantitative estimate of drug-likeness (QED) is 0.580. The molecule has 3 aliphatic rings. The zero-order valence-electron chi connectivity index (χ0n) is 6.95. The molecule has 3 saturated heterocycles. The summed E-state index contributed by atoms with van der Waals surface area (Å²) in [6.07, 6.45) is 2.35. The first kappa shape index (κ1) is 7.53. The van der Waals surface area contributed by atoms with E-state index >= 15 is 0 Å². The Morgan fingerprint density at radius 3 is 2.64 bits per heavy atom. The van der Waals surface area contributed by atoms with Crippen molar-refractivity contribution in [2.75, 3.05) is 33.4 Å². The number of rotatable bonds is 3. The number of morpholine rings is 1. The summed E-state index contributed by atoms with van der Waals surface area (Å²) in [6.45, 7) is 4.13. The fourth-order valence-corrected chi connectivity index (χ4v) is 1.84. The summed E-state index contributed by atoms with van der Waals surface area (Å²) in [5.74, 6) is 0. The Hall–Kier alpha value is -0.120. The highest BCUT2D eigenvalue weighted by Crippen LogP contribution is 2.27. The van der Waals surface area contributed by atoms with Crippen molar-refractivity contribution in [1.29, 1.82) is 0 Å². The fourth-order valence-electron chi connectivity index (χ4n) is 1.84. The van der Waals surface area contributed by atoms with Crippen LogP contribution in [0.25, 0.3) is 0 Å². The van der Waals surface area contributed by atoms with E-state index in [4.69, 9.17) is 9.47 Å². The van der Waals surface area contributed by atoms with E-state index in [1.165, 1.54) is 6.42 Å². The summed E-state index contributed by atoms with van der Waals surface area (Å²) in [6, 6.07) is 0. The molecule has 3 nitrogen and oxygen atoms in total. The summed E-state index contributed by atoms with van der Waals surface area (Å²) in [7, 11) is 1.75. The topological polar surface area (TPSA) is 21.7 Å². The number of ether oxygens (including phenoxy) is 2. The van der Waals surface area contributed by atoms with Crippen molar-refractivity contribution in [3.63, 3.8) is 0 Å². The van der Waals surface area contributed by atoms with Crippen LogP contribution in [0.3, 0.4) is 0 Å². The molecule has 3 aliphatic heterocycles. The summed E-state index contributed by atoms with van der Waals surface area (Å²) in [5, 5.41) is 0. The first-order chi connectivity index (χ1) is 5.38. The average molecular weight is 157 g/mol. The minimum Gasteiger partial charge on any atom is -0.383 e. The lowest BCUT2D eigenvalue weighted by atomic mass is 9.99. The van der Waals surface area contributed by atoms with Gasteiger partial charge < -0.3 is 9.47 Å². The molecule has 64 valence electrons. The third kappa shape index (κ3) is 1.55. The van der Waals surface area contributed by atoms with Gasteiger partial charge in [-0.3, -0.25) is 4.90 Å². The SMILES string of the molecule is COCCN1CC2CC(C1)O2. The van der Waals surface area contributed by atoms with Crippen molar-refractivity contribution in [2.24, 2.45) is 0 Å². The van der Waals surface area contributed by atoms with E-state index in [2.05, 4.69) is 4.90 Å². The molecule has 0 spiro atoms. The van der Waals surface area contributed by atoms with E-state index in [1.54, 1.807) is 7.11 Å². The van der Waals surface area contributed by atoms with Crippen LogP contribution in [0.1, 0.15) is 6.42 Å². The maximum Gasteiger partial charge on any atom is 0.0731 e. The van der Waals surface area contributed by atoms with Crippen molar-refractivity contribution in [1.82, 2.24) is 4.90 Å². The lowest BCUT2D eigenvalue weighted by molar-refractivity contribution is -0.182. The van der Waals surface area contributed by atoms with Gasteiger partial charge in [-0.1, -0.05) is 0 Å².